The maximum Gasteiger partial charge on any atom is 0.160 e. The third-order valence-electron chi connectivity index (χ3n) is 2.90. The van der Waals surface area contributed by atoms with Gasteiger partial charge in [0.1, 0.15) is 5.69 Å². The molecule has 98 valence electrons. The van der Waals surface area contributed by atoms with Crippen LogP contribution < -0.4 is 0 Å². The number of nitrogens with zero attached hydrogens (tertiary/aromatic N) is 2. The smallest absolute Gasteiger partial charge is 0.160 e. The molecule has 0 spiro atoms. The Morgan fingerprint density at radius 3 is 2.47 bits per heavy atom. The van der Waals surface area contributed by atoms with Crippen LogP contribution in [0.4, 0.5) is 0 Å². The molecule has 1 heterocycles. The Kier molecular flexibility index (Phi) is 5.52. The SMILES string of the molecule is CCCCc1c(O)c(CC(C)C)nn1CCC. The van der Waals surface area contributed by atoms with Crippen molar-refractivity contribution in [1.82, 2.24) is 9.78 Å². The molecule has 0 fully saturated rings. The summed E-state index contributed by atoms with van der Waals surface area (Å²) in [6, 6.07) is 0. The maximum absolute atomic E-state index is 10.2. The van der Waals surface area contributed by atoms with Gasteiger partial charge in [0.05, 0.1) is 5.69 Å². The quantitative estimate of drug-likeness (QED) is 0.789. The predicted octanol–water partition coefficient (Wildman–Crippen LogP) is 3.54. The largest absolute Gasteiger partial charge is 0.504 e. The van der Waals surface area contributed by atoms with E-state index >= 15 is 0 Å². The van der Waals surface area contributed by atoms with Gasteiger partial charge in [-0.2, -0.15) is 5.10 Å². The van der Waals surface area contributed by atoms with Crippen LogP contribution in [0.1, 0.15) is 58.3 Å². The summed E-state index contributed by atoms with van der Waals surface area (Å²) in [4.78, 5) is 0. The molecule has 0 aromatic carbocycles. The molecule has 17 heavy (non-hydrogen) atoms. The van der Waals surface area contributed by atoms with Gasteiger partial charge in [0, 0.05) is 6.54 Å². The first-order valence-electron chi connectivity index (χ1n) is 6.87. The standard InChI is InChI=1S/C14H26N2O/c1-5-7-8-13-14(17)12(10-11(3)4)15-16(13)9-6-2/h11,17H,5-10H2,1-4H3. The van der Waals surface area contributed by atoms with Crippen LogP contribution in [0.15, 0.2) is 0 Å². The highest BCUT2D eigenvalue weighted by Crippen LogP contribution is 2.26. The first kappa shape index (κ1) is 14.1. The van der Waals surface area contributed by atoms with Crippen molar-refractivity contribution in [2.75, 3.05) is 0 Å². The molecule has 0 saturated carbocycles. The molecule has 1 rings (SSSR count). The van der Waals surface area contributed by atoms with Crippen LogP contribution in [0, 0.1) is 5.92 Å². The van der Waals surface area contributed by atoms with E-state index in [4.69, 9.17) is 0 Å². The molecule has 1 aromatic rings. The van der Waals surface area contributed by atoms with Gasteiger partial charge in [-0.3, -0.25) is 4.68 Å². The average Bonchev–Trinajstić information content (AvgIpc) is 2.53. The van der Waals surface area contributed by atoms with Crippen LogP contribution in [0.3, 0.4) is 0 Å². The second-order valence-corrected chi connectivity index (χ2v) is 5.17. The lowest BCUT2D eigenvalue weighted by Gasteiger charge is -2.05. The molecule has 0 radical (unpaired) electrons. The molecule has 1 N–H and O–H groups in total. The summed E-state index contributed by atoms with van der Waals surface area (Å²) in [5.74, 6) is 0.977. The lowest BCUT2D eigenvalue weighted by molar-refractivity contribution is 0.451. The second-order valence-electron chi connectivity index (χ2n) is 5.17. The summed E-state index contributed by atoms with van der Waals surface area (Å²) in [5, 5.41) is 14.8. The summed E-state index contributed by atoms with van der Waals surface area (Å²) in [6.07, 6.45) is 5.12. The van der Waals surface area contributed by atoms with Crippen molar-refractivity contribution < 1.29 is 5.11 Å². The van der Waals surface area contributed by atoms with Crippen LogP contribution in [0.25, 0.3) is 0 Å². The van der Waals surface area contributed by atoms with E-state index in [-0.39, 0.29) is 0 Å². The maximum atomic E-state index is 10.2. The zero-order chi connectivity index (χ0) is 12.8. The zero-order valence-electron chi connectivity index (χ0n) is 11.7. The Balaban J connectivity index is 2.93. The fourth-order valence-corrected chi connectivity index (χ4v) is 2.05. The van der Waals surface area contributed by atoms with Crippen molar-refractivity contribution in [3.63, 3.8) is 0 Å². The number of aryl methyl sites for hydroxylation is 1. The third-order valence-corrected chi connectivity index (χ3v) is 2.90. The number of rotatable bonds is 7. The predicted molar refractivity (Wildman–Crippen MR) is 71.3 cm³/mol. The van der Waals surface area contributed by atoms with E-state index in [1.807, 2.05) is 4.68 Å². The van der Waals surface area contributed by atoms with Crippen molar-refractivity contribution >= 4 is 0 Å². The zero-order valence-corrected chi connectivity index (χ0v) is 11.7. The minimum atomic E-state index is 0.445. The highest BCUT2D eigenvalue weighted by Gasteiger charge is 2.16. The van der Waals surface area contributed by atoms with Crippen molar-refractivity contribution in [1.29, 1.82) is 0 Å². The molecule has 0 bridgehead atoms. The van der Waals surface area contributed by atoms with Crippen LogP contribution in [-0.4, -0.2) is 14.9 Å². The van der Waals surface area contributed by atoms with Crippen LogP contribution in [0.2, 0.25) is 0 Å². The normalized spacial score (nSPS) is 11.4. The first-order chi connectivity index (χ1) is 8.10. The summed E-state index contributed by atoms with van der Waals surface area (Å²) < 4.78 is 2.00. The van der Waals surface area contributed by atoms with Crippen molar-refractivity contribution in [2.24, 2.45) is 5.92 Å². The van der Waals surface area contributed by atoms with E-state index in [1.165, 1.54) is 0 Å². The van der Waals surface area contributed by atoms with Gasteiger partial charge in [-0.15, -0.1) is 0 Å². The topological polar surface area (TPSA) is 38.1 Å². The van der Waals surface area contributed by atoms with E-state index in [0.717, 1.165) is 50.0 Å². The van der Waals surface area contributed by atoms with Gasteiger partial charge in [0.25, 0.3) is 0 Å². The Morgan fingerprint density at radius 1 is 1.24 bits per heavy atom. The molecule has 0 aliphatic rings. The van der Waals surface area contributed by atoms with Gasteiger partial charge in [0.15, 0.2) is 5.75 Å². The van der Waals surface area contributed by atoms with Gasteiger partial charge in [0.2, 0.25) is 0 Å². The van der Waals surface area contributed by atoms with Crippen molar-refractivity contribution in [2.45, 2.75) is 66.3 Å². The first-order valence-corrected chi connectivity index (χ1v) is 6.87. The van der Waals surface area contributed by atoms with Crippen LogP contribution in [-0.2, 0) is 19.4 Å². The summed E-state index contributed by atoms with van der Waals surface area (Å²) in [7, 11) is 0. The Labute approximate surface area is 105 Å². The van der Waals surface area contributed by atoms with Crippen molar-refractivity contribution in [3.8, 4) is 5.75 Å². The minimum Gasteiger partial charge on any atom is -0.504 e. The Morgan fingerprint density at radius 2 is 1.94 bits per heavy atom. The molecule has 0 aliphatic heterocycles. The van der Waals surface area contributed by atoms with E-state index in [0.29, 0.717) is 11.7 Å². The number of hydrogen-bond acceptors (Lipinski definition) is 2. The molecule has 1 aromatic heterocycles. The number of hydrogen-bond donors (Lipinski definition) is 1. The van der Waals surface area contributed by atoms with Crippen LogP contribution in [0.5, 0.6) is 5.75 Å². The average molecular weight is 238 g/mol. The summed E-state index contributed by atoms with van der Waals surface area (Å²) >= 11 is 0. The fourth-order valence-electron chi connectivity index (χ4n) is 2.05. The molecule has 0 amide bonds. The van der Waals surface area contributed by atoms with Crippen molar-refractivity contribution in [3.05, 3.63) is 11.4 Å². The summed E-state index contributed by atoms with van der Waals surface area (Å²) in [5.41, 5.74) is 1.91. The number of aromatic hydroxyl groups is 1. The Hall–Kier alpha value is -0.990. The Bertz CT molecular complexity index is 342. The molecular weight excluding hydrogens is 212 g/mol. The lowest BCUT2D eigenvalue weighted by Crippen LogP contribution is -2.05. The van der Waals surface area contributed by atoms with Crippen LogP contribution >= 0.6 is 0 Å². The van der Waals surface area contributed by atoms with Gasteiger partial charge in [-0.05, 0) is 31.6 Å². The lowest BCUT2D eigenvalue weighted by atomic mass is 10.1. The highest BCUT2D eigenvalue weighted by atomic mass is 16.3. The number of unbranched alkanes of at least 4 members (excludes halogenated alkanes) is 1. The van der Waals surface area contributed by atoms with E-state index < -0.39 is 0 Å². The molecule has 0 aliphatic carbocycles. The van der Waals surface area contributed by atoms with Gasteiger partial charge < -0.3 is 5.11 Å². The summed E-state index contributed by atoms with van der Waals surface area (Å²) in [6.45, 7) is 9.54. The van der Waals surface area contributed by atoms with E-state index in [9.17, 15) is 5.11 Å². The second kappa shape index (κ2) is 6.67. The third kappa shape index (κ3) is 3.76. The molecule has 3 heteroatoms. The molecule has 0 saturated heterocycles. The molecule has 0 atom stereocenters. The number of aromatic nitrogens is 2. The fraction of sp³-hybridized carbons (Fsp3) is 0.786. The van der Waals surface area contributed by atoms with Gasteiger partial charge in [-0.25, -0.2) is 0 Å². The van der Waals surface area contributed by atoms with Gasteiger partial charge >= 0.3 is 0 Å². The van der Waals surface area contributed by atoms with Gasteiger partial charge in [-0.1, -0.05) is 34.1 Å². The van der Waals surface area contributed by atoms with E-state index in [1.54, 1.807) is 0 Å². The van der Waals surface area contributed by atoms with E-state index in [2.05, 4.69) is 32.8 Å². The monoisotopic (exact) mass is 238 g/mol. The molecular formula is C14H26N2O. The minimum absolute atomic E-state index is 0.445. The molecule has 3 nitrogen and oxygen atoms in total. The molecule has 0 unspecified atom stereocenters. The highest BCUT2D eigenvalue weighted by molar-refractivity contribution is 5.32.